The van der Waals surface area contributed by atoms with E-state index in [9.17, 15) is 23.1 Å². The van der Waals surface area contributed by atoms with Gasteiger partial charge in [-0.2, -0.15) is 13.2 Å². The molecule has 2 aromatic rings. The summed E-state index contributed by atoms with van der Waals surface area (Å²) in [6.07, 6.45) is -2.95. The van der Waals surface area contributed by atoms with Gasteiger partial charge < -0.3 is 15.7 Å². The molecule has 3 rings (SSSR count). The molecule has 0 unspecified atom stereocenters. The minimum Gasteiger partial charge on any atom is -0.393 e. The Morgan fingerprint density at radius 3 is 2.48 bits per heavy atom. The molecule has 0 spiro atoms. The van der Waals surface area contributed by atoms with Crippen LogP contribution in [0.15, 0.2) is 42.5 Å². The first-order valence-corrected chi connectivity index (χ1v) is 7.87. The highest BCUT2D eigenvalue weighted by atomic mass is 19.4. The largest absolute Gasteiger partial charge is 0.416 e. The maximum absolute atomic E-state index is 12.5. The minimum absolute atomic E-state index is 0.260. The number of alkyl halides is 3. The second-order valence-corrected chi connectivity index (χ2v) is 5.99. The highest BCUT2D eigenvalue weighted by Gasteiger charge is 2.30. The molecule has 0 radical (unpaired) electrons. The van der Waals surface area contributed by atoms with E-state index in [0.717, 1.165) is 29.7 Å². The lowest BCUT2D eigenvalue weighted by Crippen LogP contribution is -2.24. The monoisotopic (exact) mass is 350 g/mol. The van der Waals surface area contributed by atoms with Crippen LogP contribution in [0.2, 0.25) is 0 Å². The second kappa shape index (κ2) is 6.76. The number of fused-ring (bicyclic) bond motifs is 1. The Morgan fingerprint density at radius 2 is 1.80 bits per heavy atom. The number of hydrogen-bond donors (Lipinski definition) is 3. The van der Waals surface area contributed by atoms with Crippen LogP contribution in [0.25, 0.3) is 0 Å². The number of carbonyl (C=O) groups excluding carboxylic acids is 1. The molecule has 4 nitrogen and oxygen atoms in total. The molecule has 0 heterocycles. The molecular weight excluding hydrogens is 333 g/mol. The predicted molar refractivity (Wildman–Crippen MR) is 88.6 cm³/mol. The van der Waals surface area contributed by atoms with Crippen molar-refractivity contribution in [2.24, 2.45) is 0 Å². The van der Waals surface area contributed by atoms with Gasteiger partial charge in [0.1, 0.15) is 0 Å². The van der Waals surface area contributed by atoms with Crippen LogP contribution in [0.3, 0.4) is 0 Å². The number of aliphatic hydroxyl groups is 1. The third-order valence-electron chi connectivity index (χ3n) is 4.18. The molecule has 1 atom stereocenters. The van der Waals surface area contributed by atoms with Gasteiger partial charge in [0.15, 0.2) is 0 Å². The van der Waals surface area contributed by atoms with Gasteiger partial charge in [-0.3, -0.25) is 0 Å². The molecule has 2 amide bonds. The van der Waals surface area contributed by atoms with Gasteiger partial charge in [-0.1, -0.05) is 12.1 Å². The SMILES string of the molecule is O=C(Nc1ccc(C(F)(F)F)cc1)Nc1cccc2c1C[C@@H](O)CC2. The molecule has 0 saturated carbocycles. The number of halogens is 3. The average Bonchev–Trinajstić information content (AvgIpc) is 2.55. The van der Waals surface area contributed by atoms with Crippen LogP contribution in [0.4, 0.5) is 29.3 Å². The van der Waals surface area contributed by atoms with Crippen molar-refractivity contribution in [2.75, 3.05) is 10.6 Å². The molecule has 2 aromatic carbocycles. The van der Waals surface area contributed by atoms with E-state index in [0.29, 0.717) is 18.5 Å². The first kappa shape index (κ1) is 17.3. The van der Waals surface area contributed by atoms with Crippen molar-refractivity contribution < 1.29 is 23.1 Å². The summed E-state index contributed by atoms with van der Waals surface area (Å²) in [7, 11) is 0. The maximum Gasteiger partial charge on any atom is 0.416 e. The topological polar surface area (TPSA) is 61.4 Å². The number of hydrogen-bond acceptors (Lipinski definition) is 2. The van der Waals surface area contributed by atoms with Crippen molar-refractivity contribution in [3.05, 3.63) is 59.2 Å². The normalized spacial score (nSPS) is 16.9. The Morgan fingerprint density at radius 1 is 1.08 bits per heavy atom. The lowest BCUT2D eigenvalue weighted by molar-refractivity contribution is -0.137. The molecular formula is C18H17F3N2O2. The molecule has 0 aromatic heterocycles. The van der Waals surface area contributed by atoms with Gasteiger partial charge in [0.2, 0.25) is 0 Å². The molecule has 0 bridgehead atoms. The molecule has 3 N–H and O–H groups in total. The van der Waals surface area contributed by atoms with Crippen LogP contribution in [0.5, 0.6) is 0 Å². The van der Waals surface area contributed by atoms with Gasteiger partial charge in [-0.15, -0.1) is 0 Å². The molecule has 25 heavy (non-hydrogen) atoms. The van der Waals surface area contributed by atoms with Gasteiger partial charge >= 0.3 is 12.2 Å². The van der Waals surface area contributed by atoms with Crippen LogP contribution in [-0.2, 0) is 19.0 Å². The molecule has 0 saturated heterocycles. The van der Waals surface area contributed by atoms with Crippen LogP contribution in [0, 0.1) is 0 Å². The van der Waals surface area contributed by atoms with Gasteiger partial charge in [-0.25, -0.2) is 4.79 Å². The van der Waals surface area contributed by atoms with Gasteiger partial charge in [0.25, 0.3) is 0 Å². The van der Waals surface area contributed by atoms with Crippen LogP contribution >= 0.6 is 0 Å². The van der Waals surface area contributed by atoms with Crippen LogP contribution in [0.1, 0.15) is 23.1 Å². The fraction of sp³-hybridized carbons (Fsp3) is 0.278. The van der Waals surface area contributed by atoms with E-state index < -0.39 is 23.9 Å². The number of amides is 2. The van der Waals surface area contributed by atoms with E-state index in [1.54, 1.807) is 6.07 Å². The zero-order valence-electron chi connectivity index (χ0n) is 13.2. The Balaban J connectivity index is 1.69. The summed E-state index contributed by atoms with van der Waals surface area (Å²) in [6.45, 7) is 0. The summed E-state index contributed by atoms with van der Waals surface area (Å²) in [5.41, 5.74) is 2.06. The number of aliphatic hydroxyl groups excluding tert-OH is 1. The number of benzene rings is 2. The average molecular weight is 350 g/mol. The molecule has 0 aliphatic heterocycles. The minimum atomic E-state index is -4.41. The quantitative estimate of drug-likeness (QED) is 0.760. The van der Waals surface area contributed by atoms with Crippen molar-refractivity contribution in [3.63, 3.8) is 0 Å². The van der Waals surface area contributed by atoms with Crippen molar-refractivity contribution in [1.29, 1.82) is 0 Å². The third-order valence-corrected chi connectivity index (χ3v) is 4.18. The summed E-state index contributed by atoms with van der Waals surface area (Å²) in [5.74, 6) is 0. The van der Waals surface area contributed by atoms with E-state index in [2.05, 4.69) is 10.6 Å². The molecule has 1 aliphatic rings. The summed E-state index contributed by atoms with van der Waals surface area (Å²) in [4.78, 5) is 12.1. The summed E-state index contributed by atoms with van der Waals surface area (Å²) >= 11 is 0. The lowest BCUT2D eigenvalue weighted by atomic mass is 9.88. The van der Waals surface area contributed by atoms with Crippen molar-refractivity contribution in [1.82, 2.24) is 0 Å². The number of carbonyl (C=O) groups is 1. The summed E-state index contributed by atoms with van der Waals surface area (Å²) in [5, 5.41) is 15.0. The summed E-state index contributed by atoms with van der Waals surface area (Å²) < 4.78 is 37.6. The first-order chi connectivity index (χ1) is 11.8. The van der Waals surface area contributed by atoms with E-state index in [1.807, 2.05) is 12.1 Å². The van der Waals surface area contributed by atoms with E-state index >= 15 is 0 Å². The highest BCUT2D eigenvalue weighted by molar-refractivity contribution is 6.00. The Hall–Kier alpha value is -2.54. The second-order valence-electron chi connectivity index (χ2n) is 5.99. The van der Waals surface area contributed by atoms with E-state index in [-0.39, 0.29) is 5.69 Å². The Labute approximate surface area is 142 Å². The smallest absolute Gasteiger partial charge is 0.393 e. The molecule has 7 heteroatoms. The Bertz CT molecular complexity index is 773. The van der Waals surface area contributed by atoms with Crippen LogP contribution in [-0.4, -0.2) is 17.2 Å². The third kappa shape index (κ3) is 4.11. The number of rotatable bonds is 2. The molecule has 1 aliphatic carbocycles. The molecule has 0 fully saturated rings. The van der Waals surface area contributed by atoms with Crippen molar-refractivity contribution in [2.45, 2.75) is 31.5 Å². The standard InChI is InChI=1S/C18H17F3N2O2/c19-18(20,21)12-5-7-13(8-6-12)22-17(25)23-16-3-1-2-11-4-9-14(24)10-15(11)16/h1-3,5-8,14,24H,4,9-10H2,(H2,22,23,25)/t14-/m0/s1. The maximum atomic E-state index is 12.5. The van der Waals surface area contributed by atoms with Gasteiger partial charge in [0, 0.05) is 17.8 Å². The van der Waals surface area contributed by atoms with Gasteiger partial charge in [0.05, 0.1) is 11.7 Å². The van der Waals surface area contributed by atoms with Crippen LogP contribution < -0.4 is 10.6 Å². The number of aryl methyl sites for hydroxylation is 1. The number of urea groups is 1. The predicted octanol–water partition coefficient (Wildman–Crippen LogP) is 4.20. The van der Waals surface area contributed by atoms with Crippen molar-refractivity contribution >= 4 is 17.4 Å². The fourth-order valence-electron chi connectivity index (χ4n) is 2.91. The first-order valence-electron chi connectivity index (χ1n) is 7.87. The summed E-state index contributed by atoms with van der Waals surface area (Å²) in [6, 6.07) is 9.20. The Kier molecular flexibility index (Phi) is 4.67. The number of nitrogens with one attached hydrogen (secondary N) is 2. The molecule has 132 valence electrons. The zero-order valence-corrected chi connectivity index (χ0v) is 13.2. The van der Waals surface area contributed by atoms with Crippen molar-refractivity contribution in [3.8, 4) is 0 Å². The van der Waals surface area contributed by atoms with Gasteiger partial charge in [-0.05, 0) is 54.3 Å². The van der Waals surface area contributed by atoms with E-state index in [4.69, 9.17) is 0 Å². The highest BCUT2D eigenvalue weighted by Crippen LogP contribution is 2.30. The fourth-order valence-corrected chi connectivity index (χ4v) is 2.91. The lowest BCUT2D eigenvalue weighted by Gasteiger charge is -2.23. The van der Waals surface area contributed by atoms with E-state index in [1.165, 1.54) is 12.1 Å². The zero-order chi connectivity index (χ0) is 18.0. The number of anilines is 2.